The highest BCUT2D eigenvalue weighted by Gasteiger charge is 2.31. The second-order valence-electron chi connectivity index (χ2n) is 7.12. The lowest BCUT2D eigenvalue weighted by atomic mass is 10.1. The maximum atomic E-state index is 12.0. The number of imidazole rings is 1. The van der Waals surface area contributed by atoms with Crippen LogP contribution in [0.4, 0.5) is 5.82 Å². The molecular formula is C22H23N3O4. The van der Waals surface area contributed by atoms with E-state index in [0.717, 1.165) is 29.6 Å². The number of fused-ring (bicyclic) bond motifs is 1. The summed E-state index contributed by atoms with van der Waals surface area (Å²) in [6.45, 7) is 4.12. The summed E-state index contributed by atoms with van der Waals surface area (Å²) in [6, 6.07) is 11.2. The van der Waals surface area contributed by atoms with E-state index in [-0.39, 0.29) is 24.4 Å². The van der Waals surface area contributed by atoms with Crippen molar-refractivity contribution in [3.8, 4) is 17.0 Å². The highest BCUT2D eigenvalue weighted by atomic mass is 16.5. The van der Waals surface area contributed by atoms with Gasteiger partial charge in [0.2, 0.25) is 0 Å². The number of carbonyl (C=O) groups excluding carboxylic acids is 2. The monoisotopic (exact) mass is 393 g/mol. The number of pyridine rings is 1. The Kier molecular flexibility index (Phi) is 5.20. The Balaban J connectivity index is 1.69. The summed E-state index contributed by atoms with van der Waals surface area (Å²) >= 11 is 0. The number of rotatable bonds is 7. The van der Waals surface area contributed by atoms with Crippen LogP contribution < -0.4 is 10.1 Å². The van der Waals surface area contributed by atoms with E-state index in [2.05, 4.69) is 5.32 Å². The molecule has 3 aromatic rings. The van der Waals surface area contributed by atoms with Crippen LogP contribution in [-0.4, -0.2) is 34.5 Å². The van der Waals surface area contributed by atoms with E-state index in [1.165, 1.54) is 0 Å². The summed E-state index contributed by atoms with van der Waals surface area (Å²) < 4.78 is 12.4. The fraction of sp³-hybridized carbons (Fsp3) is 0.318. The largest absolute Gasteiger partial charge is 0.465 e. The molecule has 0 aliphatic heterocycles. The maximum absolute atomic E-state index is 12.0. The first-order chi connectivity index (χ1) is 14.0. The Morgan fingerprint density at radius 3 is 2.83 bits per heavy atom. The standard InChI is InChI=1S/C22H23N3O4/c1-3-28-19(26)13-23-21-20(24-18-11-14(2)9-10-25(18)21)16-5-4-6-17(12-16)29-22(27)15-7-8-15/h4-6,9-12,15,23H,3,7-8,13H2,1-2H3. The molecule has 29 heavy (non-hydrogen) atoms. The molecule has 0 radical (unpaired) electrons. The van der Waals surface area contributed by atoms with Crippen LogP contribution in [0.3, 0.4) is 0 Å². The summed E-state index contributed by atoms with van der Waals surface area (Å²) in [6.07, 6.45) is 3.70. The van der Waals surface area contributed by atoms with Gasteiger partial charge in [0.1, 0.15) is 29.5 Å². The number of aryl methyl sites for hydroxylation is 1. The zero-order chi connectivity index (χ0) is 20.4. The first-order valence-electron chi connectivity index (χ1n) is 9.75. The number of aromatic nitrogens is 2. The average molecular weight is 393 g/mol. The third-order valence-electron chi connectivity index (χ3n) is 4.72. The Morgan fingerprint density at radius 1 is 1.24 bits per heavy atom. The van der Waals surface area contributed by atoms with Crippen LogP contribution in [0.15, 0.2) is 42.6 Å². The van der Waals surface area contributed by atoms with Gasteiger partial charge in [-0.3, -0.25) is 14.0 Å². The van der Waals surface area contributed by atoms with Crippen molar-refractivity contribution in [2.75, 3.05) is 18.5 Å². The molecule has 0 amide bonds. The van der Waals surface area contributed by atoms with Gasteiger partial charge in [-0.05, 0) is 56.5 Å². The van der Waals surface area contributed by atoms with E-state index in [1.807, 2.05) is 41.8 Å². The molecule has 0 spiro atoms. The number of ether oxygens (including phenoxy) is 2. The van der Waals surface area contributed by atoms with E-state index in [1.54, 1.807) is 19.1 Å². The molecule has 7 heteroatoms. The highest BCUT2D eigenvalue weighted by molar-refractivity contribution is 5.82. The van der Waals surface area contributed by atoms with Gasteiger partial charge in [-0.25, -0.2) is 4.98 Å². The molecule has 1 N–H and O–H groups in total. The van der Waals surface area contributed by atoms with E-state index in [0.29, 0.717) is 23.9 Å². The Hall–Kier alpha value is -3.35. The molecule has 0 saturated heterocycles. The molecular weight excluding hydrogens is 370 g/mol. The lowest BCUT2D eigenvalue weighted by molar-refractivity contribution is -0.141. The summed E-state index contributed by atoms with van der Waals surface area (Å²) in [7, 11) is 0. The van der Waals surface area contributed by atoms with Gasteiger partial charge >= 0.3 is 11.9 Å². The van der Waals surface area contributed by atoms with Gasteiger partial charge < -0.3 is 14.8 Å². The molecule has 1 aliphatic rings. The molecule has 4 rings (SSSR count). The van der Waals surface area contributed by atoms with Crippen molar-refractivity contribution in [2.45, 2.75) is 26.7 Å². The van der Waals surface area contributed by atoms with Crippen molar-refractivity contribution < 1.29 is 19.1 Å². The van der Waals surface area contributed by atoms with E-state index in [9.17, 15) is 9.59 Å². The molecule has 2 aromatic heterocycles. The number of benzene rings is 1. The van der Waals surface area contributed by atoms with Crippen molar-refractivity contribution in [1.29, 1.82) is 0 Å². The fourth-order valence-electron chi connectivity index (χ4n) is 3.11. The van der Waals surface area contributed by atoms with Crippen LogP contribution in [0.5, 0.6) is 5.75 Å². The van der Waals surface area contributed by atoms with Crippen LogP contribution in [0.25, 0.3) is 16.9 Å². The number of carbonyl (C=O) groups is 2. The minimum atomic E-state index is -0.340. The average Bonchev–Trinajstić information content (AvgIpc) is 3.49. The van der Waals surface area contributed by atoms with Gasteiger partial charge in [-0.1, -0.05) is 12.1 Å². The van der Waals surface area contributed by atoms with Crippen molar-refractivity contribution in [3.05, 3.63) is 48.2 Å². The van der Waals surface area contributed by atoms with Crippen molar-refractivity contribution in [1.82, 2.24) is 9.38 Å². The lowest BCUT2D eigenvalue weighted by Gasteiger charge is -2.09. The van der Waals surface area contributed by atoms with Gasteiger partial charge in [0, 0.05) is 11.8 Å². The minimum Gasteiger partial charge on any atom is -0.465 e. The summed E-state index contributed by atoms with van der Waals surface area (Å²) in [5.41, 5.74) is 3.30. The smallest absolute Gasteiger partial charge is 0.325 e. The number of anilines is 1. The summed E-state index contributed by atoms with van der Waals surface area (Å²) in [5, 5.41) is 3.15. The molecule has 150 valence electrons. The van der Waals surface area contributed by atoms with Crippen LogP contribution in [-0.2, 0) is 14.3 Å². The molecule has 1 aliphatic carbocycles. The van der Waals surface area contributed by atoms with E-state index < -0.39 is 0 Å². The molecule has 0 bridgehead atoms. The van der Waals surface area contributed by atoms with Gasteiger partial charge in [-0.2, -0.15) is 0 Å². The van der Waals surface area contributed by atoms with Crippen LogP contribution in [0, 0.1) is 12.8 Å². The van der Waals surface area contributed by atoms with Gasteiger partial charge in [-0.15, -0.1) is 0 Å². The predicted molar refractivity (Wildman–Crippen MR) is 109 cm³/mol. The predicted octanol–water partition coefficient (Wildman–Crippen LogP) is 3.60. The second kappa shape index (κ2) is 7.95. The van der Waals surface area contributed by atoms with Crippen LogP contribution in [0.2, 0.25) is 0 Å². The van der Waals surface area contributed by atoms with E-state index >= 15 is 0 Å². The van der Waals surface area contributed by atoms with Crippen molar-refractivity contribution >= 4 is 23.4 Å². The SMILES string of the molecule is CCOC(=O)CNc1c(-c2cccc(OC(=O)C3CC3)c2)nc2cc(C)ccn12. The van der Waals surface area contributed by atoms with Gasteiger partial charge in [0.25, 0.3) is 0 Å². The Labute approximate surface area is 168 Å². The highest BCUT2D eigenvalue weighted by Crippen LogP contribution is 2.33. The normalized spacial score (nSPS) is 13.3. The first-order valence-corrected chi connectivity index (χ1v) is 9.75. The molecule has 1 saturated carbocycles. The number of hydrogen-bond donors (Lipinski definition) is 1. The zero-order valence-corrected chi connectivity index (χ0v) is 16.5. The summed E-state index contributed by atoms with van der Waals surface area (Å²) in [5.74, 6) is 0.669. The van der Waals surface area contributed by atoms with Gasteiger partial charge in [0.15, 0.2) is 0 Å². The fourth-order valence-corrected chi connectivity index (χ4v) is 3.11. The number of nitrogens with zero attached hydrogens (tertiary/aromatic N) is 2. The Bertz CT molecular complexity index is 1070. The number of nitrogens with one attached hydrogen (secondary N) is 1. The van der Waals surface area contributed by atoms with Crippen molar-refractivity contribution in [3.63, 3.8) is 0 Å². The van der Waals surface area contributed by atoms with Crippen molar-refractivity contribution in [2.24, 2.45) is 5.92 Å². The topological polar surface area (TPSA) is 81.9 Å². The van der Waals surface area contributed by atoms with E-state index in [4.69, 9.17) is 14.5 Å². The number of esters is 2. The Morgan fingerprint density at radius 2 is 2.07 bits per heavy atom. The zero-order valence-electron chi connectivity index (χ0n) is 16.5. The number of hydrogen-bond acceptors (Lipinski definition) is 6. The maximum Gasteiger partial charge on any atom is 0.325 e. The molecule has 0 atom stereocenters. The first kappa shape index (κ1) is 19.0. The molecule has 2 heterocycles. The van der Waals surface area contributed by atoms with Crippen LogP contribution in [0.1, 0.15) is 25.3 Å². The minimum absolute atomic E-state index is 0.0265. The second-order valence-corrected chi connectivity index (χ2v) is 7.12. The summed E-state index contributed by atoms with van der Waals surface area (Å²) in [4.78, 5) is 28.6. The quantitative estimate of drug-likeness (QED) is 0.488. The third kappa shape index (κ3) is 4.23. The lowest BCUT2D eigenvalue weighted by Crippen LogP contribution is -2.17. The molecule has 1 fully saturated rings. The third-order valence-corrected chi connectivity index (χ3v) is 4.72. The van der Waals surface area contributed by atoms with Gasteiger partial charge in [0.05, 0.1) is 12.5 Å². The molecule has 7 nitrogen and oxygen atoms in total. The molecule has 0 unspecified atom stereocenters. The molecule has 1 aromatic carbocycles. The van der Waals surface area contributed by atoms with Crippen LogP contribution >= 0.6 is 0 Å².